The summed E-state index contributed by atoms with van der Waals surface area (Å²) in [5.74, 6) is -0.705. The molecule has 0 bridgehead atoms. The van der Waals surface area contributed by atoms with E-state index in [1.54, 1.807) is 35.7 Å². The maximum absolute atomic E-state index is 12.0. The van der Waals surface area contributed by atoms with Crippen molar-refractivity contribution in [1.82, 2.24) is 0 Å². The van der Waals surface area contributed by atoms with Gasteiger partial charge in [0.15, 0.2) is 9.84 Å². The molecule has 0 saturated heterocycles. The highest BCUT2D eigenvalue weighted by atomic mass is 32.2. The van der Waals surface area contributed by atoms with E-state index in [0.717, 1.165) is 11.3 Å². The molecule has 20 heavy (non-hydrogen) atoms. The Kier molecular flexibility index (Phi) is 4.41. The predicted octanol–water partition coefficient (Wildman–Crippen LogP) is 2.17. The molecule has 0 radical (unpaired) electrons. The van der Waals surface area contributed by atoms with Crippen LogP contribution in [0, 0.1) is 0 Å². The summed E-state index contributed by atoms with van der Waals surface area (Å²) in [7, 11) is -2.11. The van der Waals surface area contributed by atoms with E-state index in [4.69, 9.17) is 4.74 Å². The number of sulfone groups is 1. The Labute approximate surface area is 121 Å². The highest BCUT2D eigenvalue weighted by Gasteiger charge is 2.20. The van der Waals surface area contributed by atoms with Crippen LogP contribution in [0.25, 0.3) is 0 Å². The molecule has 106 valence electrons. The molecule has 5 nitrogen and oxygen atoms in total. The van der Waals surface area contributed by atoms with E-state index in [9.17, 15) is 13.2 Å². The van der Waals surface area contributed by atoms with Gasteiger partial charge in [-0.05, 0) is 23.6 Å². The van der Waals surface area contributed by atoms with Crippen LogP contribution in [0.2, 0.25) is 0 Å². The molecule has 0 aliphatic heterocycles. The molecule has 0 fully saturated rings. The fourth-order valence-corrected chi connectivity index (χ4v) is 3.84. The molecule has 1 amide bonds. The van der Waals surface area contributed by atoms with Crippen molar-refractivity contribution in [2.75, 3.05) is 18.2 Å². The number of anilines is 1. The zero-order valence-corrected chi connectivity index (χ0v) is 12.3. The third-order valence-electron chi connectivity index (χ3n) is 2.50. The van der Waals surface area contributed by atoms with Gasteiger partial charge in [-0.3, -0.25) is 4.79 Å². The van der Waals surface area contributed by atoms with Crippen molar-refractivity contribution in [3.05, 3.63) is 41.8 Å². The highest BCUT2D eigenvalue weighted by molar-refractivity contribution is 7.94. The number of hydrogen-bond donors (Lipinski definition) is 1. The number of benzene rings is 1. The molecule has 2 aromatic rings. The Morgan fingerprint density at radius 3 is 2.65 bits per heavy atom. The minimum absolute atomic E-state index is 0.188. The maximum Gasteiger partial charge on any atom is 0.240 e. The first kappa shape index (κ1) is 14.5. The molecular formula is C13H13NO4S2. The van der Waals surface area contributed by atoms with Crippen LogP contribution in [0.15, 0.2) is 46.0 Å². The quantitative estimate of drug-likeness (QED) is 0.918. The molecular weight excluding hydrogens is 298 g/mol. The van der Waals surface area contributed by atoms with Gasteiger partial charge in [-0.25, -0.2) is 8.42 Å². The number of nitrogens with one attached hydrogen (secondary N) is 1. The number of para-hydroxylation sites is 2. The summed E-state index contributed by atoms with van der Waals surface area (Å²) < 4.78 is 29.2. The minimum Gasteiger partial charge on any atom is -0.495 e. The van der Waals surface area contributed by atoms with Gasteiger partial charge >= 0.3 is 0 Å². The van der Waals surface area contributed by atoms with Gasteiger partial charge in [0.25, 0.3) is 0 Å². The van der Waals surface area contributed by atoms with Gasteiger partial charge in [0.1, 0.15) is 15.7 Å². The molecule has 1 aromatic carbocycles. The number of thiophene rings is 1. The molecule has 1 heterocycles. The lowest BCUT2D eigenvalue weighted by molar-refractivity contribution is -0.113. The first-order chi connectivity index (χ1) is 9.53. The van der Waals surface area contributed by atoms with E-state index in [1.165, 1.54) is 13.2 Å². The molecule has 2 rings (SSSR count). The summed E-state index contributed by atoms with van der Waals surface area (Å²) in [4.78, 5) is 11.9. The molecule has 0 spiro atoms. The maximum atomic E-state index is 12.0. The highest BCUT2D eigenvalue weighted by Crippen LogP contribution is 2.23. The van der Waals surface area contributed by atoms with Crippen molar-refractivity contribution < 1.29 is 17.9 Å². The van der Waals surface area contributed by atoms with Crippen LogP contribution in [0.3, 0.4) is 0 Å². The Balaban J connectivity index is 2.10. The molecule has 0 aliphatic rings. The monoisotopic (exact) mass is 311 g/mol. The average molecular weight is 311 g/mol. The van der Waals surface area contributed by atoms with E-state index in [0.29, 0.717) is 11.4 Å². The van der Waals surface area contributed by atoms with Crippen molar-refractivity contribution >= 4 is 32.8 Å². The second-order valence-corrected chi connectivity index (χ2v) is 7.10. The first-order valence-corrected chi connectivity index (χ1v) is 8.25. The summed E-state index contributed by atoms with van der Waals surface area (Å²) >= 11 is 1.09. The average Bonchev–Trinajstić information content (AvgIpc) is 2.93. The largest absolute Gasteiger partial charge is 0.495 e. The molecule has 0 atom stereocenters. The molecule has 1 aromatic heterocycles. The van der Waals surface area contributed by atoms with Crippen molar-refractivity contribution in [3.8, 4) is 5.75 Å². The number of carbonyl (C=O) groups is 1. The first-order valence-electron chi connectivity index (χ1n) is 5.72. The number of hydrogen-bond acceptors (Lipinski definition) is 5. The zero-order valence-electron chi connectivity index (χ0n) is 10.7. The van der Waals surface area contributed by atoms with Crippen LogP contribution in [-0.2, 0) is 14.6 Å². The van der Waals surface area contributed by atoms with E-state index in [2.05, 4.69) is 5.32 Å². The fraction of sp³-hybridized carbons (Fsp3) is 0.154. The van der Waals surface area contributed by atoms with Gasteiger partial charge in [-0.15, -0.1) is 11.3 Å². The van der Waals surface area contributed by atoms with Crippen LogP contribution in [0.1, 0.15) is 0 Å². The molecule has 1 N–H and O–H groups in total. The van der Waals surface area contributed by atoms with Crippen molar-refractivity contribution in [2.24, 2.45) is 0 Å². The molecule has 7 heteroatoms. The van der Waals surface area contributed by atoms with Crippen molar-refractivity contribution in [2.45, 2.75) is 4.21 Å². The van der Waals surface area contributed by atoms with E-state index in [1.807, 2.05) is 0 Å². The second-order valence-electron chi connectivity index (χ2n) is 3.94. The summed E-state index contributed by atoms with van der Waals surface area (Å²) in [6.45, 7) is 0. The van der Waals surface area contributed by atoms with Crippen LogP contribution >= 0.6 is 11.3 Å². The second kappa shape index (κ2) is 6.06. The molecule has 0 unspecified atom stereocenters. The van der Waals surface area contributed by atoms with Gasteiger partial charge < -0.3 is 10.1 Å². The van der Waals surface area contributed by atoms with Gasteiger partial charge in [0, 0.05) is 0 Å². The lowest BCUT2D eigenvalue weighted by Gasteiger charge is -2.09. The standard InChI is InChI=1S/C13H13NO4S2/c1-18-11-6-3-2-5-10(11)14-12(15)9-20(16,17)13-7-4-8-19-13/h2-8H,9H2,1H3,(H,14,15). The smallest absolute Gasteiger partial charge is 0.240 e. The SMILES string of the molecule is COc1ccccc1NC(=O)CS(=O)(=O)c1cccs1. The van der Waals surface area contributed by atoms with Crippen LogP contribution in [-0.4, -0.2) is 27.2 Å². The Morgan fingerprint density at radius 1 is 1.25 bits per heavy atom. The number of amides is 1. The van der Waals surface area contributed by atoms with Crippen molar-refractivity contribution in [1.29, 1.82) is 0 Å². The molecule has 0 aliphatic carbocycles. The van der Waals surface area contributed by atoms with Gasteiger partial charge in [0.2, 0.25) is 5.91 Å². The van der Waals surface area contributed by atoms with Gasteiger partial charge in [-0.1, -0.05) is 18.2 Å². The third kappa shape index (κ3) is 3.37. The Morgan fingerprint density at radius 2 is 2.00 bits per heavy atom. The van der Waals surface area contributed by atoms with Crippen molar-refractivity contribution in [3.63, 3.8) is 0 Å². The van der Waals surface area contributed by atoms with Gasteiger partial charge in [-0.2, -0.15) is 0 Å². The van der Waals surface area contributed by atoms with E-state index >= 15 is 0 Å². The van der Waals surface area contributed by atoms with Gasteiger partial charge in [0.05, 0.1) is 12.8 Å². The number of ether oxygens (including phenoxy) is 1. The number of carbonyl (C=O) groups excluding carboxylic acids is 1. The predicted molar refractivity (Wildman–Crippen MR) is 78.0 cm³/mol. The Hall–Kier alpha value is -1.86. The lowest BCUT2D eigenvalue weighted by Crippen LogP contribution is -2.22. The topological polar surface area (TPSA) is 72.5 Å². The van der Waals surface area contributed by atoms with Crippen LogP contribution in [0.4, 0.5) is 5.69 Å². The minimum atomic E-state index is -3.59. The van der Waals surface area contributed by atoms with E-state index < -0.39 is 21.5 Å². The normalized spacial score (nSPS) is 11.1. The molecule has 0 saturated carbocycles. The summed E-state index contributed by atoms with van der Waals surface area (Å²) in [6, 6.07) is 9.94. The zero-order chi connectivity index (χ0) is 14.6. The number of methoxy groups -OCH3 is 1. The Bertz CT molecular complexity index is 693. The summed E-state index contributed by atoms with van der Waals surface area (Å²) in [6.07, 6.45) is 0. The fourth-order valence-electron chi connectivity index (χ4n) is 1.62. The summed E-state index contributed by atoms with van der Waals surface area (Å²) in [5.41, 5.74) is 0.446. The van der Waals surface area contributed by atoms with E-state index in [-0.39, 0.29) is 4.21 Å². The summed E-state index contributed by atoms with van der Waals surface area (Å²) in [5, 5.41) is 4.20. The van der Waals surface area contributed by atoms with Crippen LogP contribution < -0.4 is 10.1 Å². The lowest BCUT2D eigenvalue weighted by atomic mass is 10.3. The number of rotatable bonds is 5. The van der Waals surface area contributed by atoms with Crippen LogP contribution in [0.5, 0.6) is 5.75 Å². The third-order valence-corrected chi connectivity index (χ3v) is 5.61.